The van der Waals surface area contributed by atoms with Gasteiger partial charge in [0.25, 0.3) is 0 Å². The third kappa shape index (κ3) is 4.48. The van der Waals surface area contributed by atoms with Crippen molar-refractivity contribution in [2.75, 3.05) is 24.7 Å². The van der Waals surface area contributed by atoms with E-state index in [2.05, 4.69) is 24.1 Å². The molecular formula is C22H31FN4O3S. The Morgan fingerprint density at radius 1 is 1.39 bits per heavy atom. The fraction of sp³-hybridized carbons (Fsp3) is 0.636. The topological polar surface area (TPSA) is 86.1 Å². The zero-order chi connectivity index (χ0) is 22.4. The standard InChI is InChI=1S/C22H31FN4O3S/c1-5-30-20-9-17(18(23)11-24-20)21-16-7-6-15(8-19(16)27(26-21)14(2)3)10-25-22(4)12-31(28,29)13-22/h9,11,14-15,25H,5-8,10,12-13H2,1-4H3/t15-/m1/s1. The van der Waals surface area contributed by atoms with Gasteiger partial charge in [-0.05, 0) is 59.4 Å². The minimum Gasteiger partial charge on any atom is -0.478 e. The van der Waals surface area contributed by atoms with Crippen molar-refractivity contribution >= 4 is 9.84 Å². The summed E-state index contributed by atoms with van der Waals surface area (Å²) in [6.45, 7) is 9.23. The van der Waals surface area contributed by atoms with E-state index in [-0.39, 0.29) is 23.1 Å². The highest BCUT2D eigenvalue weighted by Crippen LogP contribution is 2.36. The molecule has 1 aliphatic carbocycles. The van der Waals surface area contributed by atoms with Gasteiger partial charge in [-0.25, -0.2) is 17.8 Å². The second-order valence-corrected chi connectivity index (χ2v) is 11.4. The predicted octanol–water partition coefficient (Wildman–Crippen LogP) is 2.95. The molecule has 2 aromatic rings. The molecule has 1 saturated heterocycles. The molecule has 31 heavy (non-hydrogen) atoms. The van der Waals surface area contributed by atoms with Gasteiger partial charge in [-0.15, -0.1) is 0 Å². The first-order valence-corrected chi connectivity index (χ1v) is 12.8. The van der Waals surface area contributed by atoms with Crippen LogP contribution < -0.4 is 10.1 Å². The molecule has 0 bridgehead atoms. The number of nitrogens with one attached hydrogen (secondary N) is 1. The number of fused-ring (bicyclic) bond motifs is 1. The molecule has 7 nitrogen and oxygen atoms in total. The molecule has 0 amide bonds. The number of aromatic nitrogens is 3. The lowest BCUT2D eigenvalue weighted by Crippen LogP contribution is -2.62. The van der Waals surface area contributed by atoms with Gasteiger partial charge in [0.05, 0.1) is 30.0 Å². The number of pyridine rings is 1. The number of halogens is 1. The Hall–Kier alpha value is -2.00. The van der Waals surface area contributed by atoms with Gasteiger partial charge in [0.2, 0.25) is 5.88 Å². The van der Waals surface area contributed by atoms with E-state index in [0.29, 0.717) is 29.7 Å². The van der Waals surface area contributed by atoms with Crippen molar-refractivity contribution in [3.05, 3.63) is 29.3 Å². The summed E-state index contributed by atoms with van der Waals surface area (Å²) in [4.78, 5) is 4.01. The smallest absolute Gasteiger partial charge is 0.214 e. The minimum absolute atomic E-state index is 0.153. The van der Waals surface area contributed by atoms with Crippen LogP contribution in [0.4, 0.5) is 4.39 Å². The van der Waals surface area contributed by atoms with Crippen LogP contribution >= 0.6 is 0 Å². The lowest BCUT2D eigenvalue weighted by molar-refractivity contribution is 0.326. The van der Waals surface area contributed by atoms with Gasteiger partial charge in [-0.3, -0.25) is 4.68 Å². The van der Waals surface area contributed by atoms with Gasteiger partial charge in [-0.2, -0.15) is 5.10 Å². The number of hydrogen-bond donors (Lipinski definition) is 1. The van der Waals surface area contributed by atoms with Crippen LogP contribution in [0.2, 0.25) is 0 Å². The van der Waals surface area contributed by atoms with E-state index in [9.17, 15) is 12.8 Å². The number of nitrogens with zero attached hydrogens (tertiary/aromatic N) is 3. The molecule has 0 radical (unpaired) electrons. The molecule has 1 atom stereocenters. The van der Waals surface area contributed by atoms with Crippen molar-refractivity contribution in [2.45, 2.75) is 58.5 Å². The number of ether oxygens (including phenoxy) is 1. The SMILES string of the molecule is CCOc1cc(-c2nn(C(C)C)c3c2CC[C@@H](CNC2(C)CS(=O)(=O)C2)C3)c(F)cn1. The van der Waals surface area contributed by atoms with E-state index in [1.807, 2.05) is 18.5 Å². The summed E-state index contributed by atoms with van der Waals surface area (Å²) in [7, 11) is -2.88. The Morgan fingerprint density at radius 3 is 2.77 bits per heavy atom. The summed E-state index contributed by atoms with van der Waals surface area (Å²) in [6, 6.07) is 1.79. The second kappa shape index (κ2) is 8.16. The van der Waals surface area contributed by atoms with Gasteiger partial charge >= 0.3 is 0 Å². The highest BCUT2D eigenvalue weighted by molar-refractivity contribution is 7.93. The van der Waals surface area contributed by atoms with E-state index < -0.39 is 15.7 Å². The lowest BCUT2D eigenvalue weighted by Gasteiger charge is -2.40. The van der Waals surface area contributed by atoms with Crippen molar-refractivity contribution in [1.82, 2.24) is 20.1 Å². The van der Waals surface area contributed by atoms with Gasteiger partial charge in [-0.1, -0.05) is 0 Å². The largest absolute Gasteiger partial charge is 0.478 e. The molecular weight excluding hydrogens is 419 g/mol. The maximum absolute atomic E-state index is 14.7. The summed E-state index contributed by atoms with van der Waals surface area (Å²) in [5.41, 5.74) is 3.02. The molecule has 3 heterocycles. The van der Waals surface area contributed by atoms with E-state index >= 15 is 0 Å². The van der Waals surface area contributed by atoms with Gasteiger partial charge in [0, 0.05) is 34.5 Å². The number of hydrogen-bond acceptors (Lipinski definition) is 6. The monoisotopic (exact) mass is 450 g/mol. The summed E-state index contributed by atoms with van der Waals surface area (Å²) in [5.74, 6) is 0.789. The Balaban J connectivity index is 1.58. The Labute approximate surface area is 183 Å². The fourth-order valence-electron chi connectivity index (χ4n) is 4.77. The zero-order valence-corrected chi connectivity index (χ0v) is 19.4. The predicted molar refractivity (Wildman–Crippen MR) is 118 cm³/mol. The Morgan fingerprint density at radius 2 is 2.13 bits per heavy atom. The molecule has 0 aromatic carbocycles. The van der Waals surface area contributed by atoms with Crippen LogP contribution in [0, 0.1) is 11.7 Å². The summed E-state index contributed by atoms with van der Waals surface area (Å²) in [5, 5.41) is 8.28. The van der Waals surface area contributed by atoms with E-state index in [4.69, 9.17) is 9.84 Å². The van der Waals surface area contributed by atoms with E-state index in [1.54, 1.807) is 6.07 Å². The average Bonchev–Trinajstić information content (AvgIpc) is 3.05. The molecule has 2 aliphatic rings. The first kappa shape index (κ1) is 22.2. The molecule has 0 unspecified atom stereocenters. The molecule has 9 heteroatoms. The van der Waals surface area contributed by atoms with Crippen LogP contribution in [0.5, 0.6) is 5.88 Å². The van der Waals surface area contributed by atoms with Crippen LogP contribution in [0.3, 0.4) is 0 Å². The van der Waals surface area contributed by atoms with E-state index in [0.717, 1.165) is 37.1 Å². The summed E-state index contributed by atoms with van der Waals surface area (Å²) in [6.07, 6.45) is 3.79. The fourth-order valence-corrected chi connectivity index (χ4v) is 6.83. The Kier molecular flexibility index (Phi) is 5.85. The van der Waals surface area contributed by atoms with Crippen molar-refractivity contribution in [2.24, 2.45) is 5.92 Å². The molecule has 2 aromatic heterocycles. The number of sulfone groups is 1. The van der Waals surface area contributed by atoms with Crippen molar-refractivity contribution < 1.29 is 17.5 Å². The molecule has 0 spiro atoms. The van der Waals surface area contributed by atoms with Crippen LogP contribution in [0.1, 0.15) is 51.4 Å². The maximum atomic E-state index is 14.7. The second-order valence-electron chi connectivity index (χ2n) is 9.33. The van der Waals surface area contributed by atoms with Crippen molar-refractivity contribution in [3.63, 3.8) is 0 Å². The van der Waals surface area contributed by atoms with Gasteiger partial charge < -0.3 is 10.1 Å². The van der Waals surface area contributed by atoms with Crippen molar-refractivity contribution in [1.29, 1.82) is 0 Å². The van der Waals surface area contributed by atoms with Crippen LogP contribution in [-0.4, -0.2) is 53.4 Å². The molecule has 1 fully saturated rings. The van der Waals surface area contributed by atoms with Crippen LogP contribution in [0.25, 0.3) is 11.3 Å². The first-order valence-electron chi connectivity index (χ1n) is 11.0. The molecule has 170 valence electrons. The normalized spacial score (nSPS) is 21.5. The summed E-state index contributed by atoms with van der Waals surface area (Å²) >= 11 is 0. The highest BCUT2D eigenvalue weighted by Gasteiger charge is 2.44. The Bertz CT molecular complexity index is 1070. The van der Waals surface area contributed by atoms with Gasteiger partial charge in [0.15, 0.2) is 15.7 Å². The third-order valence-corrected chi connectivity index (χ3v) is 8.32. The van der Waals surface area contributed by atoms with Crippen LogP contribution in [-0.2, 0) is 22.7 Å². The van der Waals surface area contributed by atoms with E-state index in [1.165, 1.54) is 6.20 Å². The molecule has 4 rings (SSSR count). The zero-order valence-electron chi connectivity index (χ0n) is 18.6. The average molecular weight is 451 g/mol. The first-order chi connectivity index (χ1) is 14.6. The lowest BCUT2D eigenvalue weighted by atomic mass is 9.85. The molecule has 0 saturated carbocycles. The van der Waals surface area contributed by atoms with Crippen molar-refractivity contribution in [3.8, 4) is 17.1 Å². The van der Waals surface area contributed by atoms with Crippen LogP contribution in [0.15, 0.2) is 12.3 Å². The third-order valence-electron chi connectivity index (χ3n) is 6.16. The maximum Gasteiger partial charge on any atom is 0.214 e. The minimum atomic E-state index is -2.88. The quantitative estimate of drug-likeness (QED) is 0.698. The highest BCUT2D eigenvalue weighted by atomic mass is 32.2. The summed E-state index contributed by atoms with van der Waals surface area (Å²) < 4.78 is 45.3. The van der Waals surface area contributed by atoms with Gasteiger partial charge in [0.1, 0.15) is 0 Å². The molecule has 1 aliphatic heterocycles. The number of rotatable bonds is 7. The molecule has 1 N–H and O–H groups in total.